The van der Waals surface area contributed by atoms with Crippen molar-refractivity contribution in [2.45, 2.75) is 31.7 Å². The molecule has 1 aliphatic carbocycles. The first-order chi connectivity index (χ1) is 11.3. The number of para-hydroxylation sites is 3. The van der Waals surface area contributed by atoms with E-state index in [-0.39, 0.29) is 12.5 Å². The molecule has 0 radical (unpaired) electrons. The molecule has 1 fully saturated rings. The van der Waals surface area contributed by atoms with Gasteiger partial charge in [-0.2, -0.15) is 0 Å². The van der Waals surface area contributed by atoms with Gasteiger partial charge in [-0.25, -0.2) is 0 Å². The summed E-state index contributed by atoms with van der Waals surface area (Å²) in [5.74, 6) is 1.52. The topological polar surface area (TPSA) is 50.4 Å². The van der Waals surface area contributed by atoms with Crippen molar-refractivity contribution in [3.63, 3.8) is 0 Å². The Morgan fingerprint density at radius 2 is 1.70 bits per heavy atom. The summed E-state index contributed by atoms with van der Waals surface area (Å²) in [5, 5.41) is 6.25. The molecule has 2 aromatic rings. The third kappa shape index (κ3) is 4.49. The van der Waals surface area contributed by atoms with Crippen molar-refractivity contribution in [1.29, 1.82) is 0 Å². The van der Waals surface area contributed by atoms with Crippen LogP contribution < -0.4 is 15.4 Å². The van der Waals surface area contributed by atoms with Gasteiger partial charge in [-0.05, 0) is 37.1 Å². The minimum atomic E-state index is 0.0337. The molecule has 4 heteroatoms. The SMILES string of the molecule is O=C(CNc1ccccc1Oc1ccccc1)NC1CCCC1. The van der Waals surface area contributed by atoms with E-state index in [1.54, 1.807) is 0 Å². The van der Waals surface area contributed by atoms with Gasteiger partial charge in [-0.15, -0.1) is 0 Å². The maximum Gasteiger partial charge on any atom is 0.239 e. The van der Waals surface area contributed by atoms with Gasteiger partial charge in [-0.3, -0.25) is 4.79 Å². The number of amides is 1. The number of rotatable bonds is 6. The first-order valence-electron chi connectivity index (χ1n) is 8.16. The summed E-state index contributed by atoms with van der Waals surface area (Å²) >= 11 is 0. The fraction of sp³-hybridized carbons (Fsp3) is 0.316. The largest absolute Gasteiger partial charge is 0.455 e. The smallest absolute Gasteiger partial charge is 0.239 e. The Balaban J connectivity index is 1.58. The Morgan fingerprint density at radius 1 is 1.00 bits per heavy atom. The van der Waals surface area contributed by atoms with Crippen molar-refractivity contribution in [1.82, 2.24) is 5.32 Å². The average molecular weight is 310 g/mol. The molecule has 2 aromatic carbocycles. The van der Waals surface area contributed by atoms with Crippen LogP contribution in [-0.4, -0.2) is 18.5 Å². The second-order valence-electron chi connectivity index (χ2n) is 5.81. The summed E-state index contributed by atoms with van der Waals surface area (Å²) in [7, 11) is 0. The number of nitrogens with one attached hydrogen (secondary N) is 2. The van der Waals surface area contributed by atoms with E-state index < -0.39 is 0 Å². The average Bonchev–Trinajstić information content (AvgIpc) is 3.08. The maximum atomic E-state index is 12.0. The Morgan fingerprint density at radius 3 is 2.48 bits per heavy atom. The molecule has 1 saturated carbocycles. The molecule has 0 spiro atoms. The summed E-state index contributed by atoms with van der Waals surface area (Å²) in [6.45, 7) is 0.256. The maximum absolute atomic E-state index is 12.0. The van der Waals surface area contributed by atoms with Crippen LogP contribution in [0.1, 0.15) is 25.7 Å². The van der Waals surface area contributed by atoms with Crippen LogP contribution in [0.25, 0.3) is 0 Å². The molecule has 0 unspecified atom stereocenters. The lowest BCUT2D eigenvalue weighted by atomic mass is 10.2. The molecule has 3 rings (SSSR count). The molecular weight excluding hydrogens is 288 g/mol. The fourth-order valence-electron chi connectivity index (χ4n) is 2.84. The van der Waals surface area contributed by atoms with Crippen LogP contribution in [-0.2, 0) is 4.79 Å². The number of carbonyl (C=O) groups is 1. The standard InChI is InChI=1S/C19H22N2O2/c22-19(21-15-8-4-5-9-15)14-20-17-12-6-7-13-18(17)23-16-10-2-1-3-11-16/h1-3,6-7,10-13,15,20H,4-5,8-9,14H2,(H,21,22). The Hall–Kier alpha value is -2.49. The minimum Gasteiger partial charge on any atom is -0.455 e. The van der Waals surface area contributed by atoms with E-state index in [9.17, 15) is 4.79 Å². The molecule has 0 aliphatic heterocycles. The molecule has 0 saturated heterocycles. The molecule has 1 aliphatic rings. The Kier molecular flexibility index (Phi) is 5.14. The second kappa shape index (κ2) is 7.68. The van der Waals surface area contributed by atoms with E-state index in [2.05, 4.69) is 10.6 Å². The highest BCUT2D eigenvalue weighted by molar-refractivity contribution is 5.81. The summed E-state index contributed by atoms with van der Waals surface area (Å²) in [5.41, 5.74) is 0.818. The van der Waals surface area contributed by atoms with Gasteiger partial charge in [0.15, 0.2) is 5.75 Å². The predicted octanol–water partition coefficient (Wildman–Crippen LogP) is 3.95. The molecule has 120 valence electrons. The van der Waals surface area contributed by atoms with Crippen LogP contribution in [0.3, 0.4) is 0 Å². The molecule has 4 nitrogen and oxygen atoms in total. The van der Waals surface area contributed by atoms with Crippen molar-refractivity contribution >= 4 is 11.6 Å². The zero-order valence-corrected chi connectivity index (χ0v) is 13.1. The van der Waals surface area contributed by atoms with Gasteiger partial charge in [0.25, 0.3) is 0 Å². The highest BCUT2D eigenvalue weighted by atomic mass is 16.5. The minimum absolute atomic E-state index is 0.0337. The monoisotopic (exact) mass is 310 g/mol. The zero-order valence-electron chi connectivity index (χ0n) is 13.1. The van der Waals surface area contributed by atoms with E-state index in [1.807, 2.05) is 54.6 Å². The normalized spacial score (nSPS) is 14.4. The van der Waals surface area contributed by atoms with Crippen molar-refractivity contribution in [2.24, 2.45) is 0 Å². The number of anilines is 1. The van der Waals surface area contributed by atoms with E-state index in [0.717, 1.165) is 24.3 Å². The lowest BCUT2D eigenvalue weighted by Crippen LogP contribution is -2.36. The highest BCUT2D eigenvalue weighted by Gasteiger charge is 2.17. The van der Waals surface area contributed by atoms with E-state index >= 15 is 0 Å². The van der Waals surface area contributed by atoms with Crippen LogP contribution in [0.15, 0.2) is 54.6 Å². The van der Waals surface area contributed by atoms with E-state index in [1.165, 1.54) is 12.8 Å². The van der Waals surface area contributed by atoms with Crippen LogP contribution in [0, 0.1) is 0 Å². The molecule has 0 aromatic heterocycles. The molecule has 0 atom stereocenters. The molecule has 1 amide bonds. The molecule has 0 heterocycles. The summed E-state index contributed by atoms with van der Waals surface area (Å²) < 4.78 is 5.88. The van der Waals surface area contributed by atoms with Gasteiger partial charge in [0, 0.05) is 6.04 Å². The highest BCUT2D eigenvalue weighted by Crippen LogP contribution is 2.28. The van der Waals surface area contributed by atoms with E-state index in [4.69, 9.17) is 4.74 Å². The van der Waals surface area contributed by atoms with Crippen molar-refractivity contribution < 1.29 is 9.53 Å². The van der Waals surface area contributed by atoms with Crippen LogP contribution in [0.4, 0.5) is 5.69 Å². The van der Waals surface area contributed by atoms with Gasteiger partial charge in [-0.1, -0.05) is 43.2 Å². The summed E-state index contributed by atoms with van der Waals surface area (Å²) in [4.78, 5) is 12.0. The number of carbonyl (C=O) groups excluding carboxylic acids is 1. The molecule has 2 N–H and O–H groups in total. The quantitative estimate of drug-likeness (QED) is 0.849. The number of hydrogen-bond donors (Lipinski definition) is 2. The zero-order chi connectivity index (χ0) is 15.9. The molecular formula is C19H22N2O2. The van der Waals surface area contributed by atoms with Crippen molar-refractivity contribution in [3.8, 4) is 11.5 Å². The van der Waals surface area contributed by atoms with Gasteiger partial charge >= 0.3 is 0 Å². The number of benzene rings is 2. The van der Waals surface area contributed by atoms with Gasteiger partial charge in [0.2, 0.25) is 5.91 Å². The lowest BCUT2D eigenvalue weighted by Gasteiger charge is -2.15. The number of ether oxygens (including phenoxy) is 1. The number of hydrogen-bond acceptors (Lipinski definition) is 3. The molecule has 0 bridgehead atoms. The fourth-order valence-corrected chi connectivity index (χ4v) is 2.84. The predicted molar refractivity (Wildman–Crippen MR) is 91.8 cm³/mol. The summed E-state index contributed by atoms with van der Waals surface area (Å²) in [6, 6.07) is 17.6. The van der Waals surface area contributed by atoms with E-state index in [0.29, 0.717) is 11.8 Å². The van der Waals surface area contributed by atoms with Crippen molar-refractivity contribution in [2.75, 3.05) is 11.9 Å². The Labute approximate surface area is 136 Å². The third-order valence-electron chi connectivity index (χ3n) is 4.02. The van der Waals surface area contributed by atoms with Crippen molar-refractivity contribution in [3.05, 3.63) is 54.6 Å². The van der Waals surface area contributed by atoms with Crippen LogP contribution >= 0.6 is 0 Å². The van der Waals surface area contributed by atoms with Gasteiger partial charge in [0.05, 0.1) is 12.2 Å². The third-order valence-corrected chi connectivity index (χ3v) is 4.02. The van der Waals surface area contributed by atoms with Gasteiger partial charge < -0.3 is 15.4 Å². The molecule has 23 heavy (non-hydrogen) atoms. The first-order valence-corrected chi connectivity index (χ1v) is 8.16. The van der Waals surface area contributed by atoms with Crippen LogP contribution in [0.5, 0.6) is 11.5 Å². The van der Waals surface area contributed by atoms with Gasteiger partial charge in [0.1, 0.15) is 5.75 Å². The first kappa shape index (κ1) is 15.4. The Bertz CT molecular complexity index is 637. The van der Waals surface area contributed by atoms with Crippen LogP contribution in [0.2, 0.25) is 0 Å². The summed E-state index contributed by atoms with van der Waals surface area (Å²) in [6.07, 6.45) is 4.62. The lowest BCUT2D eigenvalue weighted by molar-refractivity contribution is -0.120. The second-order valence-corrected chi connectivity index (χ2v) is 5.81.